The minimum Gasteiger partial charge on any atom is -0.465 e. The molecule has 1 amide bonds. The Kier molecular flexibility index (Phi) is 6.71. The molecule has 0 aromatic heterocycles. The lowest BCUT2D eigenvalue weighted by atomic mass is 9.44. The van der Waals surface area contributed by atoms with Gasteiger partial charge in [-0.3, -0.25) is 9.59 Å². The minimum absolute atomic E-state index is 0.155. The topological polar surface area (TPSA) is 55.4 Å². The zero-order chi connectivity index (χ0) is 27.0. The number of fused-ring (bicyclic) bond motifs is 5. The summed E-state index contributed by atoms with van der Waals surface area (Å²) < 4.78 is 5.44. The second-order valence-electron chi connectivity index (χ2n) is 16.8. The highest BCUT2D eigenvalue weighted by atomic mass is 16.5. The molecule has 0 aliphatic heterocycles. The van der Waals surface area contributed by atoms with Crippen molar-refractivity contribution in [3.63, 3.8) is 0 Å². The van der Waals surface area contributed by atoms with E-state index in [0.717, 1.165) is 73.0 Å². The number of ether oxygens (including phenoxy) is 1. The van der Waals surface area contributed by atoms with Crippen molar-refractivity contribution in [2.45, 2.75) is 142 Å². The molecule has 4 heteroatoms. The molecule has 8 rings (SSSR count). The maximum Gasteiger partial charge on any atom is 0.293 e. The second kappa shape index (κ2) is 9.75. The minimum atomic E-state index is 0.155. The summed E-state index contributed by atoms with van der Waals surface area (Å²) >= 11 is 0. The van der Waals surface area contributed by atoms with Gasteiger partial charge in [0.1, 0.15) is 6.10 Å². The maximum atomic E-state index is 13.3. The van der Waals surface area contributed by atoms with Crippen LogP contribution in [0.1, 0.15) is 130 Å². The van der Waals surface area contributed by atoms with Gasteiger partial charge in [0.15, 0.2) is 0 Å². The van der Waals surface area contributed by atoms with Gasteiger partial charge in [0.2, 0.25) is 5.91 Å². The number of nitrogens with one attached hydrogen (secondary N) is 1. The molecule has 0 saturated heterocycles. The summed E-state index contributed by atoms with van der Waals surface area (Å²) in [6.07, 6.45) is 21.7. The van der Waals surface area contributed by atoms with Crippen molar-refractivity contribution < 1.29 is 14.3 Å². The van der Waals surface area contributed by atoms with Crippen molar-refractivity contribution >= 4 is 12.4 Å². The molecule has 8 aliphatic carbocycles. The summed E-state index contributed by atoms with van der Waals surface area (Å²) in [5.74, 6) is 7.76. The molecule has 0 radical (unpaired) electrons. The summed E-state index contributed by atoms with van der Waals surface area (Å²) in [6, 6.07) is 0. The van der Waals surface area contributed by atoms with Crippen molar-refractivity contribution in [2.24, 2.45) is 64.1 Å². The lowest BCUT2D eigenvalue weighted by Crippen LogP contribution is -2.59. The molecule has 4 bridgehead atoms. The average molecular weight is 538 g/mol. The molecular weight excluding hydrogens is 482 g/mol. The molecule has 9 atom stereocenters. The van der Waals surface area contributed by atoms with Crippen LogP contribution in [0.5, 0.6) is 0 Å². The van der Waals surface area contributed by atoms with Gasteiger partial charge >= 0.3 is 0 Å². The van der Waals surface area contributed by atoms with E-state index in [1.165, 1.54) is 83.5 Å². The molecule has 0 aromatic carbocycles. The number of rotatable bonds is 7. The van der Waals surface area contributed by atoms with E-state index in [0.29, 0.717) is 29.1 Å². The Balaban J connectivity index is 0.964. The van der Waals surface area contributed by atoms with E-state index in [4.69, 9.17) is 4.74 Å². The van der Waals surface area contributed by atoms with Gasteiger partial charge in [-0.1, -0.05) is 20.8 Å². The van der Waals surface area contributed by atoms with Crippen molar-refractivity contribution in [3.05, 3.63) is 0 Å². The molecule has 218 valence electrons. The Morgan fingerprint density at radius 2 is 1.54 bits per heavy atom. The number of hydrogen-bond donors (Lipinski definition) is 1. The molecule has 39 heavy (non-hydrogen) atoms. The Morgan fingerprint density at radius 1 is 0.872 bits per heavy atom. The van der Waals surface area contributed by atoms with Gasteiger partial charge in [-0.05, 0) is 167 Å². The van der Waals surface area contributed by atoms with E-state index in [1.807, 2.05) is 0 Å². The molecule has 1 N–H and O–H groups in total. The summed E-state index contributed by atoms with van der Waals surface area (Å²) in [7, 11) is 0. The molecule has 8 fully saturated rings. The van der Waals surface area contributed by atoms with Gasteiger partial charge in [-0.15, -0.1) is 0 Å². The lowest BCUT2D eigenvalue weighted by Gasteiger charge is -2.61. The highest BCUT2D eigenvalue weighted by Crippen LogP contribution is 2.68. The van der Waals surface area contributed by atoms with Crippen LogP contribution in [0.15, 0.2) is 0 Å². The van der Waals surface area contributed by atoms with Gasteiger partial charge in [0.25, 0.3) is 6.47 Å². The van der Waals surface area contributed by atoms with Gasteiger partial charge in [-0.2, -0.15) is 0 Å². The van der Waals surface area contributed by atoms with Crippen LogP contribution < -0.4 is 5.32 Å². The third-order valence-corrected chi connectivity index (χ3v) is 14.9. The van der Waals surface area contributed by atoms with Crippen LogP contribution in [0.2, 0.25) is 0 Å². The standard InChI is InChI=1S/C35H55NO3/c1-22(4-9-32(38)36-35-18-23-14-24(19-35)16-25(15-23)20-35)29-7-8-30-28-6-5-26-17-27(39-21-37)10-12-33(26,2)31(28)11-13-34(29,30)3/h21-31H,4-20H2,1-3H3,(H,36,38)/t22-,23?,24?,25?,26-,27-,28+,29-,30+,31+,33+,34-,35?/m1/s1. The Morgan fingerprint density at radius 3 is 2.23 bits per heavy atom. The largest absolute Gasteiger partial charge is 0.465 e. The fraction of sp³-hybridized carbons (Fsp3) is 0.943. The van der Waals surface area contributed by atoms with E-state index in [-0.39, 0.29) is 11.6 Å². The van der Waals surface area contributed by atoms with Crippen LogP contribution in [-0.2, 0) is 14.3 Å². The average Bonchev–Trinajstić information content (AvgIpc) is 3.24. The van der Waals surface area contributed by atoms with Crippen molar-refractivity contribution in [1.82, 2.24) is 5.32 Å². The number of hydrogen-bond acceptors (Lipinski definition) is 3. The summed E-state index contributed by atoms with van der Waals surface area (Å²) in [4.78, 5) is 24.3. The highest BCUT2D eigenvalue weighted by Gasteiger charge is 2.61. The SMILES string of the molecule is C[C@H](CCC(=O)NC12CC3CC(CC(C3)C1)C2)[C@H]1CC[C@H]2[C@@H]3CC[C@@H]4C[C@H](OC=O)CC[C@]4(C)[C@H]3CC[C@]12C. The van der Waals surface area contributed by atoms with E-state index in [9.17, 15) is 9.59 Å². The van der Waals surface area contributed by atoms with E-state index >= 15 is 0 Å². The van der Waals surface area contributed by atoms with Gasteiger partial charge in [0, 0.05) is 12.0 Å². The van der Waals surface area contributed by atoms with Crippen LogP contribution in [0, 0.1) is 64.1 Å². The fourth-order valence-corrected chi connectivity index (χ4v) is 13.6. The highest BCUT2D eigenvalue weighted by molar-refractivity contribution is 5.76. The smallest absolute Gasteiger partial charge is 0.293 e. The third kappa shape index (κ3) is 4.43. The summed E-state index contributed by atoms with van der Waals surface area (Å²) in [5, 5.41) is 3.65. The maximum absolute atomic E-state index is 13.3. The lowest BCUT2D eigenvalue weighted by molar-refractivity contribution is -0.151. The monoisotopic (exact) mass is 537 g/mol. The van der Waals surface area contributed by atoms with E-state index in [2.05, 4.69) is 26.1 Å². The Hall–Kier alpha value is -1.06. The first-order valence-corrected chi connectivity index (χ1v) is 17.1. The Labute approximate surface area is 237 Å². The number of carbonyl (C=O) groups is 2. The molecule has 8 saturated carbocycles. The van der Waals surface area contributed by atoms with Crippen molar-refractivity contribution in [3.8, 4) is 0 Å². The number of carbonyl (C=O) groups excluding carboxylic acids is 2. The fourth-order valence-electron chi connectivity index (χ4n) is 13.6. The van der Waals surface area contributed by atoms with Gasteiger partial charge in [0.05, 0.1) is 0 Å². The Bertz CT molecular complexity index is 926. The van der Waals surface area contributed by atoms with Crippen LogP contribution in [0.3, 0.4) is 0 Å². The molecule has 0 heterocycles. The quantitative estimate of drug-likeness (QED) is 0.339. The van der Waals surface area contributed by atoms with Crippen LogP contribution >= 0.6 is 0 Å². The molecule has 0 aromatic rings. The van der Waals surface area contributed by atoms with Crippen LogP contribution in [0.25, 0.3) is 0 Å². The molecular formula is C35H55NO3. The number of amides is 1. The van der Waals surface area contributed by atoms with Crippen molar-refractivity contribution in [2.75, 3.05) is 0 Å². The van der Waals surface area contributed by atoms with E-state index < -0.39 is 0 Å². The first-order valence-electron chi connectivity index (χ1n) is 17.1. The first kappa shape index (κ1) is 26.8. The first-order chi connectivity index (χ1) is 18.7. The summed E-state index contributed by atoms with van der Waals surface area (Å²) in [5.41, 5.74) is 1.05. The van der Waals surface area contributed by atoms with E-state index in [1.54, 1.807) is 0 Å². The second-order valence-corrected chi connectivity index (χ2v) is 16.8. The predicted octanol–water partition coefficient (Wildman–Crippen LogP) is 7.69. The van der Waals surface area contributed by atoms with Crippen LogP contribution in [0.4, 0.5) is 0 Å². The third-order valence-electron chi connectivity index (χ3n) is 14.9. The molecule has 0 unspecified atom stereocenters. The zero-order valence-electron chi connectivity index (χ0n) is 25.1. The van der Waals surface area contributed by atoms with Crippen LogP contribution in [-0.4, -0.2) is 24.0 Å². The van der Waals surface area contributed by atoms with Gasteiger partial charge in [-0.25, -0.2) is 0 Å². The molecule has 0 spiro atoms. The zero-order valence-corrected chi connectivity index (χ0v) is 25.1. The molecule has 8 aliphatic rings. The van der Waals surface area contributed by atoms with Crippen molar-refractivity contribution in [1.29, 1.82) is 0 Å². The molecule has 4 nitrogen and oxygen atoms in total. The predicted molar refractivity (Wildman–Crippen MR) is 154 cm³/mol. The summed E-state index contributed by atoms with van der Waals surface area (Å²) in [6.45, 7) is 8.42. The normalized spacial score (nSPS) is 52.3. The van der Waals surface area contributed by atoms with Gasteiger partial charge < -0.3 is 10.1 Å².